The second-order valence-corrected chi connectivity index (χ2v) is 7.34. The van der Waals surface area contributed by atoms with Crippen LogP contribution in [-0.2, 0) is 4.79 Å². The third-order valence-electron chi connectivity index (χ3n) is 5.02. The normalized spacial score (nSPS) is 10.7. The quantitative estimate of drug-likeness (QED) is 0.301. The number of benzene rings is 4. The van der Waals surface area contributed by atoms with Crippen molar-refractivity contribution in [2.24, 2.45) is 5.10 Å². The SMILES string of the molecule is COc1cc(/C=N/NC(=O)c2cccc3ccccc23)ccc1OCC(=O)Nc1ccccc1. The highest BCUT2D eigenvalue weighted by molar-refractivity contribution is 6.07. The van der Waals surface area contributed by atoms with Crippen LogP contribution in [0.3, 0.4) is 0 Å². The average molecular weight is 453 g/mol. The lowest BCUT2D eigenvalue weighted by Crippen LogP contribution is -2.20. The molecule has 0 aliphatic carbocycles. The van der Waals surface area contributed by atoms with Crippen molar-refractivity contribution in [1.82, 2.24) is 5.43 Å². The van der Waals surface area contributed by atoms with Crippen molar-refractivity contribution in [3.63, 3.8) is 0 Å². The first-order valence-corrected chi connectivity index (χ1v) is 10.6. The van der Waals surface area contributed by atoms with Crippen LogP contribution >= 0.6 is 0 Å². The summed E-state index contributed by atoms with van der Waals surface area (Å²) in [5, 5.41) is 8.67. The summed E-state index contributed by atoms with van der Waals surface area (Å²) < 4.78 is 11.0. The summed E-state index contributed by atoms with van der Waals surface area (Å²) in [6.07, 6.45) is 1.51. The minimum atomic E-state index is -0.301. The molecule has 0 aromatic heterocycles. The zero-order chi connectivity index (χ0) is 23.8. The lowest BCUT2D eigenvalue weighted by atomic mass is 10.0. The van der Waals surface area contributed by atoms with Gasteiger partial charge in [0.2, 0.25) is 0 Å². The van der Waals surface area contributed by atoms with E-state index in [-0.39, 0.29) is 18.4 Å². The van der Waals surface area contributed by atoms with Crippen molar-refractivity contribution in [2.75, 3.05) is 19.0 Å². The fourth-order valence-electron chi connectivity index (χ4n) is 3.39. The van der Waals surface area contributed by atoms with Crippen LogP contribution in [0.5, 0.6) is 11.5 Å². The van der Waals surface area contributed by atoms with Crippen molar-refractivity contribution >= 4 is 34.5 Å². The lowest BCUT2D eigenvalue weighted by Gasteiger charge is -2.11. The fraction of sp³-hybridized carbons (Fsp3) is 0.0741. The number of rotatable bonds is 8. The lowest BCUT2D eigenvalue weighted by molar-refractivity contribution is -0.118. The van der Waals surface area contributed by atoms with Crippen LogP contribution in [0.15, 0.2) is 96.1 Å². The van der Waals surface area contributed by atoms with E-state index >= 15 is 0 Å². The number of nitrogens with one attached hydrogen (secondary N) is 2. The first kappa shape index (κ1) is 22.5. The molecule has 0 aliphatic rings. The van der Waals surface area contributed by atoms with Crippen molar-refractivity contribution in [2.45, 2.75) is 0 Å². The molecule has 2 amide bonds. The molecule has 34 heavy (non-hydrogen) atoms. The highest BCUT2D eigenvalue weighted by Crippen LogP contribution is 2.27. The number of anilines is 1. The van der Waals surface area contributed by atoms with Crippen molar-refractivity contribution in [3.05, 3.63) is 102 Å². The number of methoxy groups -OCH3 is 1. The second kappa shape index (κ2) is 10.8. The van der Waals surface area contributed by atoms with E-state index in [1.54, 1.807) is 36.4 Å². The van der Waals surface area contributed by atoms with Gasteiger partial charge in [-0.3, -0.25) is 9.59 Å². The van der Waals surface area contributed by atoms with Gasteiger partial charge in [-0.1, -0.05) is 54.6 Å². The van der Waals surface area contributed by atoms with Gasteiger partial charge in [0.1, 0.15) is 0 Å². The summed E-state index contributed by atoms with van der Waals surface area (Å²) in [5.74, 6) is 0.277. The minimum Gasteiger partial charge on any atom is -0.493 e. The maximum Gasteiger partial charge on any atom is 0.271 e. The average Bonchev–Trinajstić information content (AvgIpc) is 2.88. The summed E-state index contributed by atoms with van der Waals surface area (Å²) in [5.41, 5.74) is 4.49. The number of nitrogens with zero attached hydrogens (tertiary/aromatic N) is 1. The van der Waals surface area contributed by atoms with E-state index in [9.17, 15) is 9.59 Å². The molecule has 7 heteroatoms. The van der Waals surface area contributed by atoms with E-state index < -0.39 is 0 Å². The van der Waals surface area contributed by atoms with E-state index in [2.05, 4.69) is 15.8 Å². The largest absolute Gasteiger partial charge is 0.493 e. The number of ether oxygens (including phenoxy) is 2. The van der Waals surface area contributed by atoms with Crippen molar-refractivity contribution in [1.29, 1.82) is 0 Å². The van der Waals surface area contributed by atoms with E-state index in [0.717, 1.165) is 10.8 Å². The molecule has 4 aromatic carbocycles. The molecule has 2 N–H and O–H groups in total. The van der Waals surface area contributed by atoms with Gasteiger partial charge in [0.15, 0.2) is 18.1 Å². The Kier molecular flexibility index (Phi) is 7.15. The maximum atomic E-state index is 12.6. The molecule has 170 valence electrons. The number of hydrogen-bond acceptors (Lipinski definition) is 5. The number of carbonyl (C=O) groups is 2. The van der Waals surface area contributed by atoms with Gasteiger partial charge >= 0.3 is 0 Å². The molecule has 0 aliphatic heterocycles. The summed E-state index contributed by atoms with van der Waals surface area (Å²) in [7, 11) is 1.51. The van der Waals surface area contributed by atoms with Crippen LogP contribution in [-0.4, -0.2) is 31.7 Å². The van der Waals surface area contributed by atoms with Crippen LogP contribution < -0.4 is 20.2 Å². The second-order valence-electron chi connectivity index (χ2n) is 7.34. The van der Waals surface area contributed by atoms with Crippen molar-refractivity contribution < 1.29 is 19.1 Å². The molecular weight excluding hydrogens is 430 g/mol. The number of amides is 2. The molecule has 4 aromatic rings. The Bertz CT molecular complexity index is 1330. The molecule has 0 atom stereocenters. The van der Waals surface area contributed by atoms with Gasteiger partial charge in [-0.2, -0.15) is 5.10 Å². The predicted octanol–water partition coefficient (Wildman–Crippen LogP) is 4.63. The van der Waals surface area contributed by atoms with E-state index in [1.165, 1.54) is 13.3 Å². The summed E-state index contributed by atoms with van der Waals surface area (Å²) >= 11 is 0. The Hall–Kier alpha value is -4.65. The Morgan fingerprint density at radius 1 is 0.882 bits per heavy atom. The summed E-state index contributed by atoms with van der Waals surface area (Å²) in [6, 6.07) is 27.5. The van der Waals surface area contributed by atoms with Crippen LogP contribution in [0.1, 0.15) is 15.9 Å². The molecule has 4 rings (SSSR count). The smallest absolute Gasteiger partial charge is 0.271 e. The van der Waals surface area contributed by atoms with Gasteiger partial charge in [-0.05, 0) is 52.7 Å². The van der Waals surface area contributed by atoms with Gasteiger partial charge in [0.25, 0.3) is 11.8 Å². The molecule has 0 spiro atoms. The van der Waals surface area contributed by atoms with E-state index in [4.69, 9.17) is 9.47 Å². The minimum absolute atomic E-state index is 0.167. The fourth-order valence-corrected chi connectivity index (χ4v) is 3.39. The molecule has 0 radical (unpaired) electrons. The predicted molar refractivity (Wildman–Crippen MR) is 133 cm³/mol. The van der Waals surface area contributed by atoms with Crippen molar-refractivity contribution in [3.8, 4) is 11.5 Å². The van der Waals surface area contributed by atoms with Gasteiger partial charge < -0.3 is 14.8 Å². The molecular formula is C27H23N3O4. The Balaban J connectivity index is 1.37. The number of para-hydroxylation sites is 1. The molecule has 0 saturated carbocycles. The zero-order valence-electron chi connectivity index (χ0n) is 18.5. The van der Waals surface area contributed by atoms with E-state index in [1.807, 2.05) is 54.6 Å². The highest BCUT2D eigenvalue weighted by Gasteiger charge is 2.10. The summed E-state index contributed by atoms with van der Waals surface area (Å²) in [6.45, 7) is -0.167. The number of carbonyl (C=O) groups excluding carboxylic acids is 2. The van der Waals surface area contributed by atoms with Gasteiger partial charge in [0.05, 0.1) is 13.3 Å². The first-order chi connectivity index (χ1) is 16.6. The number of hydrogen-bond donors (Lipinski definition) is 2. The zero-order valence-corrected chi connectivity index (χ0v) is 18.5. The Morgan fingerprint density at radius 2 is 1.65 bits per heavy atom. The first-order valence-electron chi connectivity index (χ1n) is 10.6. The Morgan fingerprint density at radius 3 is 2.47 bits per heavy atom. The van der Waals surface area contributed by atoms with Gasteiger partial charge in [-0.15, -0.1) is 0 Å². The molecule has 0 saturated heterocycles. The van der Waals surface area contributed by atoms with E-state index in [0.29, 0.717) is 28.3 Å². The molecule has 0 unspecified atom stereocenters. The molecule has 0 bridgehead atoms. The van der Waals surface area contributed by atoms with Gasteiger partial charge in [0, 0.05) is 11.3 Å². The topological polar surface area (TPSA) is 89.0 Å². The van der Waals surface area contributed by atoms with Crippen LogP contribution in [0.2, 0.25) is 0 Å². The maximum absolute atomic E-state index is 12.6. The molecule has 7 nitrogen and oxygen atoms in total. The monoisotopic (exact) mass is 453 g/mol. The standard InChI is InChI=1S/C27H23N3O4/c1-33-25-16-19(14-15-24(25)34-18-26(31)29-21-10-3-2-4-11-21)17-28-30-27(32)23-13-7-9-20-8-5-6-12-22(20)23/h2-17H,18H2,1H3,(H,29,31)(H,30,32)/b28-17+. The van der Waals surface area contributed by atoms with Crippen LogP contribution in [0, 0.1) is 0 Å². The van der Waals surface area contributed by atoms with Crippen LogP contribution in [0.25, 0.3) is 10.8 Å². The van der Waals surface area contributed by atoms with Gasteiger partial charge in [-0.25, -0.2) is 5.43 Å². The third kappa shape index (κ3) is 5.58. The third-order valence-corrected chi connectivity index (χ3v) is 5.02. The Labute approximate surface area is 197 Å². The molecule has 0 fully saturated rings. The number of fused-ring (bicyclic) bond motifs is 1. The number of hydrazone groups is 1. The van der Waals surface area contributed by atoms with Crippen LogP contribution in [0.4, 0.5) is 5.69 Å². The molecule has 0 heterocycles. The summed E-state index contributed by atoms with van der Waals surface area (Å²) in [4.78, 5) is 24.7. The highest BCUT2D eigenvalue weighted by atomic mass is 16.5.